The summed E-state index contributed by atoms with van der Waals surface area (Å²) in [5.41, 5.74) is 5.55. The Morgan fingerprint density at radius 2 is 2.00 bits per heavy atom. The fraction of sp³-hybridized carbons (Fsp3) is 0.333. The Morgan fingerprint density at radius 1 is 1.25 bits per heavy atom. The van der Waals surface area contributed by atoms with Gasteiger partial charge < -0.3 is 26.6 Å². The molecule has 1 fully saturated rings. The zero-order valence-corrected chi connectivity index (χ0v) is 20.7. The molecule has 0 radical (unpaired) electrons. The number of hydrogen-bond donors (Lipinski definition) is 4. The molecule has 5 N–H and O–H groups in total. The van der Waals surface area contributed by atoms with Gasteiger partial charge in [0.15, 0.2) is 5.13 Å². The number of anilines is 3. The van der Waals surface area contributed by atoms with E-state index < -0.39 is 23.0 Å². The van der Waals surface area contributed by atoms with E-state index in [0.29, 0.717) is 17.9 Å². The average Bonchev–Trinajstić information content (AvgIpc) is 3.48. The van der Waals surface area contributed by atoms with Crippen molar-refractivity contribution in [3.05, 3.63) is 64.2 Å². The number of ketones is 1. The van der Waals surface area contributed by atoms with Crippen LogP contribution in [-0.2, 0) is 0 Å². The van der Waals surface area contributed by atoms with E-state index in [-0.39, 0.29) is 33.8 Å². The number of likely N-dealkylation sites (N-methyl/N-ethyl adjacent to an activating group) is 1. The summed E-state index contributed by atoms with van der Waals surface area (Å²) in [6, 6.07) is 6.57. The van der Waals surface area contributed by atoms with Crippen molar-refractivity contribution in [1.82, 2.24) is 25.5 Å². The first kappa shape index (κ1) is 25.6. The lowest BCUT2D eigenvalue weighted by Crippen LogP contribution is -2.52. The van der Waals surface area contributed by atoms with E-state index >= 15 is 0 Å². The number of pyridine rings is 1. The van der Waals surface area contributed by atoms with E-state index in [1.807, 2.05) is 19.0 Å². The van der Waals surface area contributed by atoms with Crippen LogP contribution in [0.25, 0.3) is 0 Å². The number of nitrogens with two attached hydrogens (primary N) is 1. The molecule has 36 heavy (non-hydrogen) atoms. The van der Waals surface area contributed by atoms with Crippen molar-refractivity contribution in [2.24, 2.45) is 0 Å². The molecule has 0 aliphatic carbocycles. The number of halogens is 2. The maximum Gasteiger partial charge on any atom is 0.253 e. The Kier molecular flexibility index (Phi) is 7.87. The number of carbonyl (C=O) groups is 2. The lowest BCUT2D eigenvalue weighted by atomic mass is 10.1. The standard InChI is InChI=1S/C24H27F2N7O2S/c1-33(2)12-17(16-7-4-10-28-16)30-23(35)13-8-9-18(29-11-13)31-24-32-22(27)21(36-24)20(34)19-14(25)5-3-6-15(19)26/h3,5-6,8-9,11,16-17,28H,4,7,10,12,27H2,1-2H3,(H,30,35)(H,29,31,32)/t16?,17-/m0/s1. The number of nitrogen functional groups attached to an aromatic ring is 1. The van der Waals surface area contributed by atoms with Gasteiger partial charge in [0, 0.05) is 18.8 Å². The molecule has 9 nitrogen and oxygen atoms in total. The molecule has 1 saturated heterocycles. The summed E-state index contributed by atoms with van der Waals surface area (Å²) >= 11 is 0.852. The van der Waals surface area contributed by atoms with Crippen molar-refractivity contribution < 1.29 is 18.4 Å². The molecule has 12 heteroatoms. The van der Waals surface area contributed by atoms with Gasteiger partial charge in [0.05, 0.1) is 17.2 Å². The molecule has 3 heterocycles. The van der Waals surface area contributed by atoms with Crippen LogP contribution in [0.2, 0.25) is 0 Å². The highest BCUT2D eigenvalue weighted by Gasteiger charge is 2.27. The largest absolute Gasteiger partial charge is 0.382 e. The molecule has 3 aromatic rings. The van der Waals surface area contributed by atoms with E-state index in [4.69, 9.17) is 5.73 Å². The fourth-order valence-corrected chi connectivity index (χ4v) is 4.90. The van der Waals surface area contributed by atoms with Crippen LogP contribution in [0.3, 0.4) is 0 Å². The molecule has 0 bridgehead atoms. The molecule has 1 aliphatic heterocycles. The number of hydrogen-bond acceptors (Lipinski definition) is 9. The molecule has 1 aromatic carbocycles. The van der Waals surface area contributed by atoms with E-state index in [9.17, 15) is 18.4 Å². The molecule has 0 spiro atoms. The number of amides is 1. The summed E-state index contributed by atoms with van der Waals surface area (Å²) in [4.78, 5) is 35.8. The minimum Gasteiger partial charge on any atom is -0.382 e. The summed E-state index contributed by atoms with van der Waals surface area (Å²) in [5, 5.41) is 9.66. The van der Waals surface area contributed by atoms with Gasteiger partial charge in [-0.05, 0) is 57.7 Å². The van der Waals surface area contributed by atoms with E-state index in [1.54, 1.807) is 12.1 Å². The van der Waals surface area contributed by atoms with Gasteiger partial charge in [-0.1, -0.05) is 17.4 Å². The van der Waals surface area contributed by atoms with Crippen molar-refractivity contribution >= 4 is 39.8 Å². The third-order valence-electron chi connectivity index (χ3n) is 5.77. The Labute approximate surface area is 211 Å². The second kappa shape index (κ2) is 11.1. The highest BCUT2D eigenvalue weighted by atomic mass is 32.1. The lowest BCUT2D eigenvalue weighted by Gasteiger charge is -2.27. The Morgan fingerprint density at radius 3 is 2.61 bits per heavy atom. The summed E-state index contributed by atoms with van der Waals surface area (Å²) < 4.78 is 28.0. The number of nitrogens with zero attached hydrogens (tertiary/aromatic N) is 3. The number of carbonyl (C=O) groups excluding carboxylic acids is 2. The molecule has 0 saturated carbocycles. The van der Waals surface area contributed by atoms with Gasteiger partial charge in [0.2, 0.25) is 5.78 Å². The monoisotopic (exact) mass is 515 g/mol. The average molecular weight is 516 g/mol. The minimum absolute atomic E-state index is 0.0404. The number of rotatable bonds is 9. The topological polar surface area (TPSA) is 125 Å². The molecular formula is C24H27F2N7O2S. The van der Waals surface area contributed by atoms with Gasteiger partial charge in [-0.15, -0.1) is 0 Å². The quantitative estimate of drug-likeness (QED) is 0.321. The maximum absolute atomic E-state index is 14.0. The Balaban J connectivity index is 1.44. The predicted octanol–water partition coefficient (Wildman–Crippen LogP) is 2.79. The first-order valence-corrected chi connectivity index (χ1v) is 12.2. The minimum atomic E-state index is -0.977. The molecular weight excluding hydrogens is 488 g/mol. The van der Waals surface area contributed by atoms with Gasteiger partial charge >= 0.3 is 0 Å². The van der Waals surface area contributed by atoms with Crippen molar-refractivity contribution in [3.8, 4) is 0 Å². The van der Waals surface area contributed by atoms with Gasteiger partial charge in [-0.25, -0.2) is 18.7 Å². The highest BCUT2D eigenvalue weighted by molar-refractivity contribution is 7.18. The number of benzene rings is 1. The van der Waals surface area contributed by atoms with Crippen LogP contribution < -0.4 is 21.7 Å². The smallest absolute Gasteiger partial charge is 0.253 e. The first-order valence-electron chi connectivity index (χ1n) is 11.4. The van der Waals surface area contributed by atoms with Gasteiger partial charge in [0.1, 0.15) is 28.1 Å². The molecule has 190 valence electrons. The van der Waals surface area contributed by atoms with Crippen LogP contribution in [0.1, 0.15) is 38.4 Å². The summed E-state index contributed by atoms with van der Waals surface area (Å²) in [6.45, 7) is 1.65. The van der Waals surface area contributed by atoms with Crippen molar-refractivity contribution in [2.75, 3.05) is 38.2 Å². The number of aromatic nitrogens is 2. The zero-order chi connectivity index (χ0) is 25.8. The van der Waals surface area contributed by atoms with Gasteiger partial charge in [0.25, 0.3) is 5.91 Å². The molecule has 2 aromatic heterocycles. The van der Waals surface area contributed by atoms with Crippen LogP contribution in [0.15, 0.2) is 36.5 Å². The molecule has 1 amide bonds. The SMILES string of the molecule is CN(C)C[C@H](NC(=O)c1ccc(Nc2nc(N)c(C(=O)c3c(F)cccc3F)s2)nc1)C1CCCN1. The summed E-state index contributed by atoms with van der Waals surface area (Å²) in [5.74, 6) is -2.87. The maximum atomic E-state index is 14.0. The zero-order valence-electron chi connectivity index (χ0n) is 19.8. The first-order chi connectivity index (χ1) is 17.2. The number of nitrogens with one attached hydrogen (secondary N) is 3. The molecule has 4 rings (SSSR count). The summed E-state index contributed by atoms with van der Waals surface area (Å²) in [7, 11) is 3.93. The van der Waals surface area contributed by atoms with E-state index in [0.717, 1.165) is 42.9 Å². The highest BCUT2D eigenvalue weighted by Crippen LogP contribution is 2.30. The Hall–Kier alpha value is -3.48. The lowest BCUT2D eigenvalue weighted by molar-refractivity contribution is 0.0919. The van der Waals surface area contributed by atoms with Crippen molar-refractivity contribution in [2.45, 2.75) is 24.9 Å². The third kappa shape index (κ3) is 5.83. The van der Waals surface area contributed by atoms with Crippen LogP contribution in [-0.4, -0.2) is 65.8 Å². The number of thiazole rings is 1. The van der Waals surface area contributed by atoms with Crippen LogP contribution >= 0.6 is 11.3 Å². The van der Waals surface area contributed by atoms with Gasteiger partial charge in [-0.3, -0.25) is 9.59 Å². The molecule has 2 atom stereocenters. The van der Waals surface area contributed by atoms with Crippen molar-refractivity contribution in [1.29, 1.82) is 0 Å². The third-order valence-corrected chi connectivity index (χ3v) is 6.76. The predicted molar refractivity (Wildman–Crippen MR) is 135 cm³/mol. The van der Waals surface area contributed by atoms with Crippen LogP contribution in [0.5, 0.6) is 0 Å². The molecule has 1 unspecified atom stereocenters. The second-order valence-electron chi connectivity index (χ2n) is 8.76. The van der Waals surface area contributed by atoms with E-state index in [2.05, 4.69) is 25.9 Å². The summed E-state index contributed by atoms with van der Waals surface area (Å²) in [6.07, 6.45) is 3.52. The normalized spacial score (nSPS) is 16.2. The second-order valence-corrected chi connectivity index (χ2v) is 9.76. The van der Waals surface area contributed by atoms with Crippen LogP contribution in [0, 0.1) is 11.6 Å². The van der Waals surface area contributed by atoms with Crippen LogP contribution in [0.4, 0.5) is 25.5 Å². The Bertz CT molecular complexity index is 1220. The van der Waals surface area contributed by atoms with E-state index in [1.165, 1.54) is 12.3 Å². The van der Waals surface area contributed by atoms with Crippen molar-refractivity contribution in [3.63, 3.8) is 0 Å². The van der Waals surface area contributed by atoms with Gasteiger partial charge in [-0.2, -0.15) is 0 Å². The fourth-order valence-electron chi connectivity index (χ4n) is 4.06. The molecule has 1 aliphatic rings.